The summed E-state index contributed by atoms with van der Waals surface area (Å²) in [5.41, 5.74) is 2.98. The third-order valence-electron chi connectivity index (χ3n) is 5.20. The van der Waals surface area contributed by atoms with Gasteiger partial charge in [-0.25, -0.2) is 0 Å². The van der Waals surface area contributed by atoms with Gasteiger partial charge >= 0.3 is 0 Å². The van der Waals surface area contributed by atoms with Gasteiger partial charge in [0.1, 0.15) is 6.10 Å². The molecule has 1 aliphatic rings. The molecule has 4 heteroatoms. The maximum absolute atomic E-state index is 13.3. The van der Waals surface area contributed by atoms with Crippen LogP contribution >= 0.6 is 0 Å². The van der Waals surface area contributed by atoms with E-state index in [0.29, 0.717) is 13.1 Å². The second-order valence-corrected chi connectivity index (χ2v) is 9.04. The lowest BCUT2D eigenvalue weighted by atomic mass is 9.87. The Bertz CT molecular complexity index is 796. The number of rotatable bonds is 4. The number of morpholine rings is 1. The lowest BCUT2D eigenvalue weighted by molar-refractivity contribution is -0.119. The van der Waals surface area contributed by atoms with Crippen molar-refractivity contribution in [3.63, 3.8) is 0 Å². The van der Waals surface area contributed by atoms with E-state index in [1.165, 1.54) is 0 Å². The molecule has 150 valence electrons. The highest BCUT2D eigenvalue weighted by molar-refractivity contribution is 5.94. The van der Waals surface area contributed by atoms with E-state index in [4.69, 9.17) is 4.74 Å². The number of amides is 1. The fourth-order valence-electron chi connectivity index (χ4n) is 3.61. The molecule has 1 saturated heterocycles. The zero-order valence-corrected chi connectivity index (χ0v) is 17.7. The Morgan fingerprint density at radius 3 is 2.43 bits per heavy atom. The number of carbonyl (C=O) groups excluding carboxylic acids is 1. The minimum atomic E-state index is -0.104. The zero-order valence-electron chi connectivity index (χ0n) is 17.7. The molecule has 1 amide bonds. The summed E-state index contributed by atoms with van der Waals surface area (Å²) in [7, 11) is 4.07. The lowest BCUT2D eigenvalue weighted by Gasteiger charge is -2.43. The number of nitrogens with zero attached hydrogens (tertiary/aromatic N) is 2. The van der Waals surface area contributed by atoms with Gasteiger partial charge in [-0.1, -0.05) is 63.2 Å². The molecule has 0 N–H and O–H groups in total. The fourth-order valence-corrected chi connectivity index (χ4v) is 3.61. The van der Waals surface area contributed by atoms with E-state index in [1.54, 1.807) is 0 Å². The van der Waals surface area contributed by atoms with E-state index in [-0.39, 0.29) is 23.5 Å². The molecule has 2 atom stereocenters. The summed E-state index contributed by atoms with van der Waals surface area (Å²) in [6.45, 7) is 8.53. The average Bonchev–Trinajstić information content (AvgIpc) is 2.67. The van der Waals surface area contributed by atoms with Gasteiger partial charge < -0.3 is 14.5 Å². The highest BCUT2D eigenvalue weighted by atomic mass is 16.5. The molecule has 0 bridgehead atoms. The summed E-state index contributed by atoms with van der Waals surface area (Å²) in [5, 5.41) is 0. The minimum Gasteiger partial charge on any atom is -0.366 e. The van der Waals surface area contributed by atoms with Crippen LogP contribution < -0.4 is 0 Å². The number of benzene rings is 2. The first-order chi connectivity index (χ1) is 13.2. The van der Waals surface area contributed by atoms with E-state index < -0.39 is 0 Å². The summed E-state index contributed by atoms with van der Waals surface area (Å²) in [6, 6.07) is 18.2. The molecule has 0 aromatic heterocycles. The molecule has 0 aliphatic carbocycles. The predicted molar refractivity (Wildman–Crippen MR) is 113 cm³/mol. The van der Waals surface area contributed by atoms with Crippen molar-refractivity contribution in [2.45, 2.75) is 39.5 Å². The van der Waals surface area contributed by atoms with Crippen LogP contribution in [-0.2, 0) is 11.3 Å². The maximum atomic E-state index is 13.3. The molecule has 0 saturated carbocycles. The van der Waals surface area contributed by atoms with Gasteiger partial charge in [0.15, 0.2) is 0 Å². The molecule has 1 fully saturated rings. The van der Waals surface area contributed by atoms with Crippen LogP contribution in [0.3, 0.4) is 0 Å². The molecular weight excluding hydrogens is 348 g/mol. The molecular formula is C24H32N2O2. The van der Waals surface area contributed by atoms with E-state index >= 15 is 0 Å². The minimum absolute atomic E-state index is 0.0136. The van der Waals surface area contributed by atoms with Crippen LogP contribution in [0.1, 0.15) is 48.4 Å². The Balaban J connectivity index is 1.85. The first-order valence-corrected chi connectivity index (χ1v) is 9.97. The second-order valence-electron chi connectivity index (χ2n) is 9.04. The summed E-state index contributed by atoms with van der Waals surface area (Å²) in [4.78, 5) is 17.4. The monoisotopic (exact) mass is 380 g/mol. The Hall–Kier alpha value is -2.17. The molecule has 2 aromatic carbocycles. The van der Waals surface area contributed by atoms with Crippen LogP contribution in [0, 0.1) is 5.41 Å². The molecule has 0 spiro atoms. The molecule has 2 aromatic rings. The van der Waals surface area contributed by atoms with Crippen LogP contribution in [-0.4, -0.2) is 49.0 Å². The Labute approximate surface area is 169 Å². The summed E-state index contributed by atoms with van der Waals surface area (Å²) >= 11 is 0. The Kier molecular flexibility index (Phi) is 6.21. The van der Waals surface area contributed by atoms with Crippen molar-refractivity contribution in [2.75, 3.05) is 27.2 Å². The van der Waals surface area contributed by atoms with Gasteiger partial charge in [0.2, 0.25) is 0 Å². The van der Waals surface area contributed by atoms with Gasteiger partial charge in [0.05, 0.1) is 12.6 Å². The second kappa shape index (κ2) is 8.46. The SMILES string of the molecule is CN(C)Cc1cccc(C(=O)N2C[C@@H](c3ccccc3)O[C@@H](C(C)(C)C)C2)c1. The van der Waals surface area contributed by atoms with Crippen molar-refractivity contribution in [1.82, 2.24) is 9.80 Å². The smallest absolute Gasteiger partial charge is 0.254 e. The standard InChI is InChI=1S/C24H32N2O2/c1-24(2,3)22-17-26(16-21(28-22)19-11-7-6-8-12-19)23(27)20-13-9-10-18(14-20)15-25(4)5/h6-14,21-22H,15-17H2,1-5H3/t21-,22+/m0/s1. The van der Waals surface area contributed by atoms with Crippen LogP contribution in [0.5, 0.6) is 0 Å². The summed E-state index contributed by atoms with van der Waals surface area (Å²) in [5.74, 6) is 0.0825. The van der Waals surface area contributed by atoms with Gasteiger partial charge in [-0.2, -0.15) is 0 Å². The molecule has 1 aliphatic heterocycles. The quantitative estimate of drug-likeness (QED) is 0.789. The third kappa shape index (κ3) is 5.00. The van der Waals surface area contributed by atoms with E-state index in [2.05, 4.69) is 43.9 Å². The number of hydrogen-bond donors (Lipinski definition) is 0. The third-order valence-corrected chi connectivity index (χ3v) is 5.20. The maximum Gasteiger partial charge on any atom is 0.254 e. The molecule has 0 unspecified atom stereocenters. The molecule has 0 radical (unpaired) electrons. The van der Waals surface area contributed by atoms with Crippen LogP contribution in [0.15, 0.2) is 54.6 Å². The van der Waals surface area contributed by atoms with Crippen LogP contribution in [0.25, 0.3) is 0 Å². The largest absolute Gasteiger partial charge is 0.366 e. The molecule has 28 heavy (non-hydrogen) atoms. The average molecular weight is 381 g/mol. The number of ether oxygens (including phenoxy) is 1. The van der Waals surface area contributed by atoms with Crippen molar-refractivity contribution in [1.29, 1.82) is 0 Å². The normalized spacial score (nSPS) is 20.4. The van der Waals surface area contributed by atoms with Gasteiger partial charge in [0.25, 0.3) is 5.91 Å². The van der Waals surface area contributed by atoms with Crippen molar-refractivity contribution < 1.29 is 9.53 Å². The molecule has 1 heterocycles. The van der Waals surface area contributed by atoms with E-state index in [9.17, 15) is 4.79 Å². The summed E-state index contributed by atoms with van der Waals surface area (Å²) < 4.78 is 6.43. The van der Waals surface area contributed by atoms with Gasteiger partial charge in [0, 0.05) is 18.7 Å². The molecule has 4 nitrogen and oxygen atoms in total. The van der Waals surface area contributed by atoms with Gasteiger partial charge in [-0.15, -0.1) is 0 Å². The number of carbonyl (C=O) groups is 1. The van der Waals surface area contributed by atoms with Crippen LogP contribution in [0.4, 0.5) is 0 Å². The zero-order chi connectivity index (χ0) is 20.3. The fraction of sp³-hybridized carbons (Fsp3) is 0.458. The van der Waals surface area contributed by atoms with E-state index in [0.717, 1.165) is 23.2 Å². The Morgan fingerprint density at radius 2 is 1.79 bits per heavy atom. The summed E-state index contributed by atoms with van der Waals surface area (Å²) in [6.07, 6.45) is -0.117. The highest BCUT2D eigenvalue weighted by Crippen LogP contribution is 2.34. The predicted octanol–water partition coefficient (Wildman–Crippen LogP) is 4.38. The highest BCUT2D eigenvalue weighted by Gasteiger charge is 2.37. The van der Waals surface area contributed by atoms with E-state index in [1.807, 2.05) is 55.4 Å². The van der Waals surface area contributed by atoms with Crippen molar-refractivity contribution >= 4 is 5.91 Å². The van der Waals surface area contributed by atoms with Crippen molar-refractivity contribution in [3.8, 4) is 0 Å². The van der Waals surface area contributed by atoms with Crippen LogP contribution in [0.2, 0.25) is 0 Å². The van der Waals surface area contributed by atoms with Gasteiger partial charge in [-0.3, -0.25) is 4.79 Å². The topological polar surface area (TPSA) is 32.8 Å². The first kappa shape index (κ1) is 20.6. The number of hydrogen-bond acceptors (Lipinski definition) is 3. The molecule has 3 rings (SSSR count). The first-order valence-electron chi connectivity index (χ1n) is 9.97. The Morgan fingerprint density at radius 1 is 1.07 bits per heavy atom. The lowest BCUT2D eigenvalue weighted by Crippen LogP contribution is -2.51. The van der Waals surface area contributed by atoms with Crippen molar-refractivity contribution in [3.05, 3.63) is 71.3 Å². The van der Waals surface area contributed by atoms with Gasteiger partial charge in [-0.05, 0) is 42.8 Å². The van der Waals surface area contributed by atoms with Crippen molar-refractivity contribution in [2.24, 2.45) is 5.41 Å².